The van der Waals surface area contributed by atoms with E-state index in [1.807, 2.05) is 12.3 Å². The van der Waals surface area contributed by atoms with E-state index in [1.165, 1.54) is 17.3 Å². The van der Waals surface area contributed by atoms with Crippen LogP contribution in [0.4, 0.5) is 0 Å². The minimum atomic E-state index is 0.199. The van der Waals surface area contributed by atoms with Crippen LogP contribution in [-0.4, -0.2) is 16.7 Å². The molecule has 0 spiro atoms. The Kier molecular flexibility index (Phi) is 5.73. The lowest BCUT2D eigenvalue weighted by Gasteiger charge is -2.13. The first-order chi connectivity index (χ1) is 7.22. The summed E-state index contributed by atoms with van der Waals surface area (Å²) in [5.74, 6) is 0. The minimum Gasteiger partial charge on any atom is -0.476 e. The predicted octanol–water partition coefficient (Wildman–Crippen LogP) is 3.67. The van der Waals surface area contributed by atoms with Gasteiger partial charge < -0.3 is 4.74 Å². The van der Waals surface area contributed by atoms with E-state index < -0.39 is 0 Å². The van der Waals surface area contributed by atoms with Gasteiger partial charge in [-0.1, -0.05) is 42.1 Å². The molecule has 0 radical (unpaired) electrons. The monoisotopic (exact) mass is 240 g/mol. The molecule has 3 heteroatoms. The summed E-state index contributed by atoms with van der Waals surface area (Å²) in [4.78, 5) is 0. The third kappa shape index (κ3) is 5.19. The molecule has 0 heterocycles. The Hall–Kier alpha value is -0.540. The summed E-state index contributed by atoms with van der Waals surface area (Å²) >= 11 is 6.49. The first-order valence-corrected chi connectivity index (χ1v) is 6.64. The van der Waals surface area contributed by atoms with Crippen molar-refractivity contribution in [3.8, 4) is 0 Å². The number of ether oxygens (including phenoxy) is 1. The topological polar surface area (TPSA) is 9.23 Å². The molecule has 0 aliphatic rings. The molecule has 1 nitrogen and oxygen atoms in total. The lowest BCUT2D eigenvalue weighted by atomic mass is 10.1. The van der Waals surface area contributed by atoms with Gasteiger partial charge >= 0.3 is 0 Å². The first kappa shape index (κ1) is 12.5. The van der Waals surface area contributed by atoms with Gasteiger partial charge in [-0.2, -0.15) is 0 Å². The Morgan fingerprint density at radius 3 is 2.67 bits per heavy atom. The van der Waals surface area contributed by atoms with Crippen molar-refractivity contribution in [2.45, 2.75) is 25.9 Å². The molecule has 0 aliphatic heterocycles. The summed E-state index contributed by atoms with van der Waals surface area (Å²) in [6, 6.07) is 10.4. The largest absolute Gasteiger partial charge is 0.476 e. The van der Waals surface area contributed by atoms with Crippen molar-refractivity contribution in [3.63, 3.8) is 0 Å². The maximum Gasteiger partial charge on any atom is 0.219 e. The molecular weight excluding hydrogens is 224 g/mol. The maximum absolute atomic E-state index is 5.52. The van der Waals surface area contributed by atoms with E-state index in [2.05, 4.69) is 31.2 Å². The highest BCUT2D eigenvalue weighted by Crippen LogP contribution is 2.10. The van der Waals surface area contributed by atoms with E-state index in [4.69, 9.17) is 17.0 Å². The van der Waals surface area contributed by atoms with Crippen LogP contribution in [0.15, 0.2) is 30.3 Å². The molecule has 0 N–H and O–H groups in total. The van der Waals surface area contributed by atoms with Crippen molar-refractivity contribution in [2.75, 3.05) is 6.26 Å². The second kappa shape index (κ2) is 6.85. The van der Waals surface area contributed by atoms with Gasteiger partial charge in [-0.05, 0) is 43.8 Å². The number of hydrogen-bond donors (Lipinski definition) is 0. The van der Waals surface area contributed by atoms with E-state index in [9.17, 15) is 0 Å². The minimum absolute atomic E-state index is 0.199. The molecule has 0 saturated carbocycles. The van der Waals surface area contributed by atoms with Gasteiger partial charge in [-0.15, -0.1) is 0 Å². The van der Waals surface area contributed by atoms with Crippen LogP contribution in [0.2, 0.25) is 0 Å². The van der Waals surface area contributed by atoms with Gasteiger partial charge in [0.25, 0.3) is 0 Å². The van der Waals surface area contributed by atoms with E-state index >= 15 is 0 Å². The Morgan fingerprint density at radius 2 is 2.07 bits per heavy atom. The van der Waals surface area contributed by atoms with Gasteiger partial charge in [0, 0.05) is 0 Å². The first-order valence-electron chi connectivity index (χ1n) is 5.01. The van der Waals surface area contributed by atoms with Crippen LogP contribution in [0.25, 0.3) is 0 Å². The molecule has 15 heavy (non-hydrogen) atoms. The summed E-state index contributed by atoms with van der Waals surface area (Å²) in [7, 11) is 0. The van der Waals surface area contributed by atoms with Crippen LogP contribution in [-0.2, 0) is 11.2 Å². The molecule has 1 aromatic rings. The van der Waals surface area contributed by atoms with Gasteiger partial charge in [0.05, 0.1) is 6.10 Å². The lowest BCUT2D eigenvalue weighted by Crippen LogP contribution is -2.11. The van der Waals surface area contributed by atoms with Gasteiger partial charge in [-0.3, -0.25) is 0 Å². The van der Waals surface area contributed by atoms with Crippen LogP contribution in [0.1, 0.15) is 18.9 Å². The molecule has 0 bridgehead atoms. The number of aryl methyl sites for hydroxylation is 1. The normalized spacial score (nSPS) is 12.1. The van der Waals surface area contributed by atoms with Crippen LogP contribution in [0, 0.1) is 0 Å². The zero-order chi connectivity index (χ0) is 11.1. The third-order valence-electron chi connectivity index (χ3n) is 2.15. The summed E-state index contributed by atoms with van der Waals surface area (Å²) in [6.07, 6.45) is 4.18. The molecule has 1 unspecified atom stereocenters. The molecule has 1 aromatic carbocycles. The molecule has 0 amide bonds. The number of benzene rings is 1. The van der Waals surface area contributed by atoms with E-state index in [1.54, 1.807) is 0 Å². The zero-order valence-electron chi connectivity index (χ0n) is 9.10. The second-order valence-corrected chi connectivity index (χ2v) is 4.82. The van der Waals surface area contributed by atoms with Crippen LogP contribution < -0.4 is 0 Å². The highest BCUT2D eigenvalue weighted by molar-refractivity contribution is 8.22. The molecule has 0 saturated heterocycles. The quantitative estimate of drug-likeness (QED) is 0.743. The van der Waals surface area contributed by atoms with Gasteiger partial charge in [-0.25, -0.2) is 0 Å². The molecule has 1 atom stereocenters. The Bertz CT molecular complexity index is 298. The number of hydrogen-bond acceptors (Lipinski definition) is 3. The fraction of sp³-hybridized carbons (Fsp3) is 0.417. The predicted molar refractivity (Wildman–Crippen MR) is 71.4 cm³/mol. The number of thioether (sulfide) groups is 1. The van der Waals surface area contributed by atoms with Gasteiger partial charge in [0.2, 0.25) is 4.38 Å². The highest BCUT2D eigenvalue weighted by Gasteiger charge is 2.05. The number of thiocarbonyl (C=S) groups is 1. The molecule has 1 rings (SSSR count). The van der Waals surface area contributed by atoms with Crippen LogP contribution in [0.5, 0.6) is 0 Å². The molecular formula is C12H16OS2. The Balaban J connectivity index is 2.28. The van der Waals surface area contributed by atoms with Crippen molar-refractivity contribution in [1.82, 2.24) is 0 Å². The van der Waals surface area contributed by atoms with Gasteiger partial charge in [0.15, 0.2) is 0 Å². The van der Waals surface area contributed by atoms with E-state index in [0.29, 0.717) is 4.38 Å². The van der Waals surface area contributed by atoms with E-state index in [-0.39, 0.29) is 6.10 Å². The van der Waals surface area contributed by atoms with E-state index in [0.717, 1.165) is 12.8 Å². The maximum atomic E-state index is 5.52. The number of rotatable bonds is 4. The van der Waals surface area contributed by atoms with Crippen molar-refractivity contribution in [1.29, 1.82) is 0 Å². The highest BCUT2D eigenvalue weighted by atomic mass is 32.2. The van der Waals surface area contributed by atoms with Crippen molar-refractivity contribution < 1.29 is 4.74 Å². The Morgan fingerprint density at radius 1 is 1.40 bits per heavy atom. The molecule has 0 fully saturated rings. The lowest BCUT2D eigenvalue weighted by molar-refractivity contribution is 0.211. The van der Waals surface area contributed by atoms with Crippen molar-refractivity contribution in [3.05, 3.63) is 35.9 Å². The molecule has 0 aromatic heterocycles. The molecule has 82 valence electrons. The average Bonchev–Trinajstić information content (AvgIpc) is 2.27. The Labute approximate surface area is 101 Å². The van der Waals surface area contributed by atoms with Crippen LogP contribution >= 0.6 is 24.0 Å². The van der Waals surface area contributed by atoms with Gasteiger partial charge in [0.1, 0.15) is 0 Å². The second-order valence-electron chi connectivity index (χ2n) is 3.41. The summed E-state index contributed by atoms with van der Waals surface area (Å²) < 4.78 is 6.15. The summed E-state index contributed by atoms with van der Waals surface area (Å²) in [6.45, 7) is 2.06. The SMILES string of the molecule is CSC(=S)OC(C)CCc1ccccc1. The van der Waals surface area contributed by atoms with Crippen LogP contribution in [0.3, 0.4) is 0 Å². The van der Waals surface area contributed by atoms with Crippen molar-refractivity contribution >= 4 is 28.4 Å². The van der Waals surface area contributed by atoms with Crippen molar-refractivity contribution in [2.24, 2.45) is 0 Å². The molecule has 0 aliphatic carbocycles. The smallest absolute Gasteiger partial charge is 0.219 e. The summed E-state index contributed by atoms with van der Waals surface area (Å²) in [5.41, 5.74) is 1.35. The fourth-order valence-electron chi connectivity index (χ4n) is 1.29. The average molecular weight is 240 g/mol. The zero-order valence-corrected chi connectivity index (χ0v) is 10.7. The standard InChI is InChI=1S/C12H16OS2/c1-10(13-12(14)15-2)8-9-11-6-4-3-5-7-11/h3-7,10H,8-9H2,1-2H3. The third-order valence-corrected chi connectivity index (χ3v) is 3.17. The summed E-state index contributed by atoms with van der Waals surface area (Å²) in [5, 5.41) is 0. The fourth-order valence-corrected chi connectivity index (χ4v) is 1.71.